The highest BCUT2D eigenvalue weighted by Gasteiger charge is 2.52. The van der Waals surface area contributed by atoms with E-state index in [9.17, 15) is 5.11 Å². The van der Waals surface area contributed by atoms with Crippen molar-refractivity contribution in [3.8, 4) is 11.8 Å². The molecule has 7 atom stereocenters. The number of fused-ring (bicyclic) bond motifs is 1. The highest BCUT2D eigenvalue weighted by atomic mass is 28.4. The van der Waals surface area contributed by atoms with Crippen molar-refractivity contribution in [3.05, 3.63) is 84.0 Å². The third kappa shape index (κ3) is 9.20. The second kappa shape index (κ2) is 16.7. The summed E-state index contributed by atoms with van der Waals surface area (Å²) in [5.41, 5.74) is 2.71. The summed E-state index contributed by atoms with van der Waals surface area (Å²) in [5.74, 6) is 8.73. The van der Waals surface area contributed by atoms with Gasteiger partial charge in [0, 0.05) is 13.0 Å². The second-order valence-electron chi connectivity index (χ2n) is 17.5. The van der Waals surface area contributed by atoms with Crippen LogP contribution in [0.25, 0.3) is 0 Å². The number of aliphatic hydroxyl groups excluding tert-OH is 1. The van der Waals surface area contributed by atoms with E-state index in [1.165, 1.54) is 48.1 Å². The Kier molecular flexibility index (Phi) is 13.0. The van der Waals surface area contributed by atoms with Crippen molar-refractivity contribution in [2.45, 2.75) is 149 Å². The Morgan fingerprint density at radius 1 is 0.941 bits per heavy atom. The van der Waals surface area contributed by atoms with Gasteiger partial charge in [-0.2, -0.15) is 0 Å². The molecule has 1 unspecified atom stereocenters. The first-order valence-electron chi connectivity index (χ1n) is 19.8. The first kappa shape index (κ1) is 39.7. The normalized spacial score (nSPS) is 28.6. The maximum absolute atomic E-state index is 11.3. The van der Waals surface area contributed by atoms with Crippen LogP contribution in [0.1, 0.15) is 120 Å². The van der Waals surface area contributed by atoms with Gasteiger partial charge in [-0.25, -0.2) is 0 Å². The van der Waals surface area contributed by atoms with Crippen LogP contribution in [0.4, 0.5) is 0 Å². The number of benzene rings is 2. The van der Waals surface area contributed by atoms with Crippen LogP contribution in [0.2, 0.25) is 5.04 Å². The number of hydrogen-bond donors (Lipinski definition) is 1. The van der Waals surface area contributed by atoms with E-state index in [2.05, 4.69) is 119 Å². The molecular formula is C46H66O4Si. The lowest BCUT2D eigenvalue weighted by Crippen LogP contribution is -2.68. The van der Waals surface area contributed by atoms with Gasteiger partial charge in [0.15, 0.2) is 6.29 Å². The molecule has 3 saturated carbocycles. The summed E-state index contributed by atoms with van der Waals surface area (Å²) in [4.78, 5) is 0. The van der Waals surface area contributed by atoms with E-state index in [1.807, 2.05) is 27.7 Å². The fourth-order valence-electron chi connectivity index (χ4n) is 10.0. The summed E-state index contributed by atoms with van der Waals surface area (Å²) in [6.45, 7) is 20.6. The third-order valence-corrected chi connectivity index (χ3v) is 17.3. The third-order valence-electron chi connectivity index (χ3n) is 12.2. The minimum Gasteiger partial charge on any atom is -0.404 e. The summed E-state index contributed by atoms with van der Waals surface area (Å²) in [5, 5.41) is 13.7. The lowest BCUT2D eigenvalue weighted by molar-refractivity contribution is -0.169. The molecule has 3 aliphatic rings. The molecule has 0 saturated heterocycles. The summed E-state index contributed by atoms with van der Waals surface area (Å²) < 4.78 is 19.1. The Hall–Kier alpha value is -2.46. The van der Waals surface area contributed by atoms with Gasteiger partial charge in [-0.15, -0.1) is 0 Å². The lowest BCUT2D eigenvalue weighted by Gasteiger charge is -2.46. The van der Waals surface area contributed by atoms with E-state index in [0.29, 0.717) is 36.2 Å². The molecule has 1 N–H and O–H groups in total. The number of hydrogen-bond acceptors (Lipinski definition) is 4. The van der Waals surface area contributed by atoms with Crippen LogP contribution in [-0.4, -0.2) is 44.1 Å². The van der Waals surface area contributed by atoms with Crippen molar-refractivity contribution < 1.29 is 19.0 Å². The number of rotatable bonds is 11. The van der Waals surface area contributed by atoms with E-state index in [1.54, 1.807) is 5.57 Å². The van der Waals surface area contributed by atoms with Crippen LogP contribution >= 0.6 is 0 Å². The molecule has 0 amide bonds. The molecule has 51 heavy (non-hydrogen) atoms. The molecule has 0 bridgehead atoms. The highest BCUT2D eigenvalue weighted by molar-refractivity contribution is 6.99. The standard InChI is InChI=1S/C46H66O4Si/c1-10-48-35(3)49-45(7,8)29-17-19-34(2)42-27-28-43-37(20-18-30-46(42,43)9)26-25-36-31-38(47)33-39(32-36)50-51(44(4,5)6,40-21-13-11-14-22-40)41-23-15-12-16-24-41/h11-16,21-26,34-35,38-39,42-43,47H,10,18-20,27-28,30-33H2,1-9H3/b36-25-,37-26+/t34-,35?,38-,39-,42-,43-,46-/m1/s1. The van der Waals surface area contributed by atoms with Gasteiger partial charge in [0.25, 0.3) is 8.32 Å². The lowest BCUT2D eigenvalue weighted by atomic mass is 9.61. The molecule has 5 heteroatoms. The van der Waals surface area contributed by atoms with Crippen LogP contribution < -0.4 is 10.4 Å². The van der Waals surface area contributed by atoms with E-state index >= 15 is 0 Å². The van der Waals surface area contributed by atoms with Gasteiger partial charge in [0.2, 0.25) is 0 Å². The minimum atomic E-state index is -2.70. The quantitative estimate of drug-likeness (QED) is 0.143. The largest absolute Gasteiger partial charge is 0.404 e. The molecule has 3 fully saturated rings. The first-order chi connectivity index (χ1) is 24.2. The number of aliphatic hydroxyl groups is 1. The molecule has 2 aromatic carbocycles. The molecule has 4 nitrogen and oxygen atoms in total. The van der Waals surface area contributed by atoms with Crippen LogP contribution in [-0.2, 0) is 13.9 Å². The van der Waals surface area contributed by atoms with E-state index in [-0.39, 0.29) is 23.5 Å². The average Bonchev–Trinajstić information content (AvgIpc) is 3.43. The Morgan fingerprint density at radius 2 is 1.59 bits per heavy atom. The van der Waals surface area contributed by atoms with Gasteiger partial charge in [-0.05, 0) is 118 Å². The SMILES string of the molecule is CCOC(C)OC(C)(C)C#CC[C@@H](C)[C@H]1CC[C@@H]2/C(=C/C=C3/C[C@@H](O)C[C@H](O[Si](c4ccccc4)(c4ccccc4)C(C)(C)C)C3)CCC[C@@]21C. The van der Waals surface area contributed by atoms with E-state index < -0.39 is 13.9 Å². The van der Waals surface area contributed by atoms with Crippen molar-refractivity contribution in [2.75, 3.05) is 6.61 Å². The van der Waals surface area contributed by atoms with Crippen LogP contribution in [0.5, 0.6) is 0 Å². The van der Waals surface area contributed by atoms with Crippen molar-refractivity contribution in [1.29, 1.82) is 0 Å². The molecule has 278 valence electrons. The zero-order valence-corrected chi connectivity index (χ0v) is 34.1. The first-order valence-corrected chi connectivity index (χ1v) is 21.7. The maximum atomic E-state index is 11.3. The van der Waals surface area contributed by atoms with Gasteiger partial charge in [0.05, 0.1) is 12.2 Å². The minimum absolute atomic E-state index is 0.0306. The van der Waals surface area contributed by atoms with Crippen molar-refractivity contribution in [2.24, 2.45) is 23.2 Å². The van der Waals surface area contributed by atoms with E-state index in [4.69, 9.17) is 13.9 Å². The second-order valence-corrected chi connectivity index (χ2v) is 21.8. The van der Waals surface area contributed by atoms with Gasteiger partial charge >= 0.3 is 0 Å². The molecule has 0 aromatic heterocycles. The Bertz CT molecular complexity index is 1500. The summed E-state index contributed by atoms with van der Waals surface area (Å²) in [7, 11) is -2.70. The molecule has 0 spiro atoms. The zero-order valence-electron chi connectivity index (χ0n) is 33.1. The molecule has 5 rings (SSSR count). The van der Waals surface area contributed by atoms with Gasteiger partial charge in [0.1, 0.15) is 5.60 Å². The Balaban J connectivity index is 1.32. The molecule has 2 aromatic rings. The van der Waals surface area contributed by atoms with Crippen LogP contribution in [0, 0.1) is 35.0 Å². The van der Waals surface area contributed by atoms with Crippen LogP contribution in [0.3, 0.4) is 0 Å². The maximum Gasteiger partial charge on any atom is 0.261 e. The number of ether oxygens (including phenoxy) is 2. The summed E-state index contributed by atoms with van der Waals surface area (Å²) >= 11 is 0. The molecular weight excluding hydrogens is 645 g/mol. The van der Waals surface area contributed by atoms with Gasteiger partial charge in [-0.1, -0.05) is 130 Å². The van der Waals surface area contributed by atoms with Crippen molar-refractivity contribution in [3.63, 3.8) is 0 Å². The summed E-state index contributed by atoms with van der Waals surface area (Å²) in [6, 6.07) is 21.8. The monoisotopic (exact) mass is 710 g/mol. The average molecular weight is 711 g/mol. The molecule has 0 aliphatic heterocycles. The highest BCUT2D eigenvalue weighted by Crippen LogP contribution is 2.59. The van der Waals surface area contributed by atoms with Crippen molar-refractivity contribution >= 4 is 18.7 Å². The fraction of sp³-hybridized carbons (Fsp3) is 0.609. The smallest absolute Gasteiger partial charge is 0.261 e. The van der Waals surface area contributed by atoms with Crippen molar-refractivity contribution in [1.82, 2.24) is 0 Å². The molecule has 0 radical (unpaired) electrons. The van der Waals surface area contributed by atoms with E-state index in [0.717, 1.165) is 19.3 Å². The predicted molar refractivity (Wildman–Crippen MR) is 214 cm³/mol. The van der Waals surface area contributed by atoms with Gasteiger partial charge in [-0.3, -0.25) is 0 Å². The number of allylic oxidation sites excluding steroid dienone is 3. The predicted octanol–water partition coefficient (Wildman–Crippen LogP) is 9.75. The fourth-order valence-corrected chi connectivity index (χ4v) is 14.7. The Morgan fingerprint density at radius 3 is 2.20 bits per heavy atom. The Labute approximate surface area is 311 Å². The molecule has 3 aliphatic carbocycles. The molecule has 0 heterocycles. The zero-order chi connectivity index (χ0) is 36.9. The van der Waals surface area contributed by atoms with Gasteiger partial charge < -0.3 is 19.0 Å². The summed E-state index contributed by atoms with van der Waals surface area (Å²) in [6.07, 6.45) is 13.6. The van der Waals surface area contributed by atoms with Crippen LogP contribution in [0.15, 0.2) is 84.0 Å². The topological polar surface area (TPSA) is 47.9 Å².